The minimum Gasteiger partial charge on any atom is -0.493 e. The van der Waals surface area contributed by atoms with Crippen LogP contribution in [0.1, 0.15) is 43.9 Å². The number of fused-ring (bicyclic) bond motifs is 1. The minimum atomic E-state index is -0.111. The number of hydrogen-bond acceptors (Lipinski definition) is 6. The Morgan fingerprint density at radius 1 is 1.18 bits per heavy atom. The number of hydrazone groups is 1. The van der Waals surface area contributed by atoms with Gasteiger partial charge in [0.2, 0.25) is 0 Å². The number of aliphatic imine (C=N–C) groups is 1. The van der Waals surface area contributed by atoms with Gasteiger partial charge in [0, 0.05) is 23.8 Å². The number of amides is 1. The van der Waals surface area contributed by atoms with Gasteiger partial charge in [0.05, 0.1) is 25.2 Å². The summed E-state index contributed by atoms with van der Waals surface area (Å²) in [5.41, 5.74) is 7.93. The van der Waals surface area contributed by atoms with Crippen LogP contribution in [-0.4, -0.2) is 48.8 Å². The van der Waals surface area contributed by atoms with Crippen molar-refractivity contribution in [1.82, 2.24) is 5.43 Å². The Morgan fingerprint density at radius 2 is 1.94 bits per heavy atom. The molecule has 1 amide bonds. The first-order valence-electron chi connectivity index (χ1n) is 11.2. The Balaban J connectivity index is 0.00000324. The molecule has 0 fully saturated rings. The van der Waals surface area contributed by atoms with Crippen LogP contribution in [0.2, 0.25) is 0 Å². The predicted molar refractivity (Wildman–Crippen MR) is 143 cm³/mol. The maximum Gasteiger partial charge on any atom is 0.299 e. The van der Waals surface area contributed by atoms with Crippen LogP contribution in [0.4, 0.5) is 10.5 Å². The van der Waals surface area contributed by atoms with Gasteiger partial charge in [0.15, 0.2) is 11.5 Å². The number of hydrogen-bond donors (Lipinski definition) is 1. The third-order valence-corrected chi connectivity index (χ3v) is 6.59. The van der Waals surface area contributed by atoms with Crippen LogP contribution in [-0.2, 0) is 6.42 Å². The fourth-order valence-electron chi connectivity index (χ4n) is 4.24. The lowest BCUT2D eigenvalue weighted by molar-refractivity contribution is 0.261. The number of thioether (sulfide) groups is 1. The molecule has 0 aromatic heterocycles. The molecule has 2 aromatic carbocycles. The molecule has 1 N–H and O–H groups in total. The van der Waals surface area contributed by atoms with Gasteiger partial charge in [0.1, 0.15) is 5.84 Å². The molecule has 7 nitrogen and oxygen atoms in total. The van der Waals surface area contributed by atoms with Crippen LogP contribution < -0.4 is 19.8 Å². The third-order valence-electron chi connectivity index (χ3n) is 5.71. The SMILES string of the molecule is COc1ccc(C(=NC(C)C)N2CCCc3cc(C4=NNC(=O)SC4C)ccc32)cc1OC.Cl. The van der Waals surface area contributed by atoms with Crippen LogP contribution in [0.3, 0.4) is 0 Å². The zero-order valence-electron chi connectivity index (χ0n) is 20.1. The molecule has 2 aromatic rings. The van der Waals surface area contributed by atoms with Crippen LogP contribution in [0.15, 0.2) is 46.5 Å². The zero-order valence-corrected chi connectivity index (χ0v) is 21.8. The summed E-state index contributed by atoms with van der Waals surface area (Å²) in [6.45, 7) is 7.07. The molecule has 0 saturated heterocycles. The summed E-state index contributed by atoms with van der Waals surface area (Å²) in [6, 6.07) is 12.5. The van der Waals surface area contributed by atoms with Gasteiger partial charge in [-0.05, 0) is 75.1 Å². The van der Waals surface area contributed by atoms with Gasteiger partial charge in [-0.1, -0.05) is 17.8 Å². The van der Waals surface area contributed by atoms with E-state index in [1.807, 2.05) is 25.1 Å². The number of halogens is 1. The van der Waals surface area contributed by atoms with Crippen molar-refractivity contribution in [1.29, 1.82) is 0 Å². The van der Waals surface area contributed by atoms with E-state index in [2.05, 4.69) is 47.5 Å². The van der Waals surface area contributed by atoms with Crippen LogP contribution in [0.25, 0.3) is 0 Å². The largest absolute Gasteiger partial charge is 0.493 e. The van der Waals surface area contributed by atoms with Crippen molar-refractivity contribution in [3.05, 3.63) is 53.1 Å². The van der Waals surface area contributed by atoms with Crippen molar-refractivity contribution in [2.24, 2.45) is 10.1 Å². The van der Waals surface area contributed by atoms with Gasteiger partial charge in [-0.25, -0.2) is 5.43 Å². The van der Waals surface area contributed by atoms with Gasteiger partial charge in [-0.2, -0.15) is 5.10 Å². The van der Waals surface area contributed by atoms with Gasteiger partial charge < -0.3 is 14.4 Å². The van der Waals surface area contributed by atoms with Crippen LogP contribution >= 0.6 is 24.2 Å². The Labute approximate surface area is 211 Å². The zero-order chi connectivity index (χ0) is 23.5. The number of nitrogens with zero attached hydrogens (tertiary/aromatic N) is 3. The number of carbonyl (C=O) groups excluding carboxylic acids is 1. The summed E-state index contributed by atoms with van der Waals surface area (Å²) in [7, 11) is 3.29. The molecule has 0 radical (unpaired) electrons. The van der Waals surface area contributed by atoms with Gasteiger partial charge >= 0.3 is 0 Å². The number of anilines is 1. The Bertz CT molecular complexity index is 1120. The molecular weight excluding hydrogens is 472 g/mol. The Kier molecular flexibility index (Phi) is 8.49. The average Bonchev–Trinajstić information content (AvgIpc) is 2.81. The summed E-state index contributed by atoms with van der Waals surface area (Å²) in [5, 5.41) is 4.22. The fraction of sp³-hybridized carbons (Fsp3) is 0.400. The van der Waals surface area contributed by atoms with Gasteiger partial charge in [-0.3, -0.25) is 9.79 Å². The lowest BCUT2D eigenvalue weighted by Crippen LogP contribution is -2.37. The highest BCUT2D eigenvalue weighted by atomic mass is 35.5. The maximum absolute atomic E-state index is 11.6. The number of benzene rings is 2. The molecule has 4 rings (SSSR count). The highest BCUT2D eigenvalue weighted by molar-refractivity contribution is 8.14. The van der Waals surface area contributed by atoms with E-state index in [0.717, 1.165) is 47.7 Å². The summed E-state index contributed by atoms with van der Waals surface area (Å²) in [4.78, 5) is 18.9. The molecule has 0 aliphatic carbocycles. The standard InChI is InChI=1S/C25H30N4O3S.ClH/c1-15(2)26-24(19-9-11-21(31-4)22(14-19)32-5)29-12-6-7-17-13-18(8-10-20(17)29)23-16(3)33-25(30)28-27-23;/h8-11,13-16H,6-7,12H2,1-5H3,(H,28,30);1H. The number of methoxy groups -OCH3 is 2. The quantitative estimate of drug-likeness (QED) is 0.444. The summed E-state index contributed by atoms with van der Waals surface area (Å²) in [6.07, 6.45) is 2.01. The van der Waals surface area contributed by atoms with Crippen molar-refractivity contribution in [2.45, 2.75) is 44.9 Å². The first-order valence-corrected chi connectivity index (χ1v) is 12.0. The van der Waals surface area contributed by atoms with E-state index in [0.29, 0.717) is 11.5 Å². The molecule has 2 aliphatic heterocycles. The molecule has 34 heavy (non-hydrogen) atoms. The Morgan fingerprint density at radius 3 is 2.62 bits per heavy atom. The number of carbonyl (C=O) groups is 1. The normalized spacial score (nSPS) is 18.0. The monoisotopic (exact) mass is 502 g/mol. The second-order valence-corrected chi connectivity index (χ2v) is 9.68. The molecular formula is C25H31ClN4O3S. The molecule has 0 saturated carbocycles. The van der Waals surface area contributed by atoms with E-state index in [9.17, 15) is 4.79 Å². The first kappa shape index (κ1) is 25.9. The highest BCUT2D eigenvalue weighted by Gasteiger charge is 2.27. The molecule has 182 valence electrons. The van der Waals surface area contributed by atoms with Gasteiger partial charge in [0.25, 0.3) is 5.24 Å². The molecule has 0 bridgehead atoms. The van der Waals surface area contributed by atoms with Crippen molar-refractivity contribution < 1.29 is 14.3 Å². The van der Waals surface area contributed by atoms with E-state index in [1.54, 1.807) is 14.2 Å². The third kappa shape index (κ3) is 5.33. The fourth-order valence-corrected chi connectivity index (χ4v) is 4.96. The summed E-state index contributed by atoms with van der Waals surface area (Å²) >= 11 is 1.27. The van der Waals surface area contributed by atoms with Gasteiger partial charge in [-0.15, -0.1) is 12.4 Å². The predicted octanol–water partition coefficient (Wildman–Crippen LogP) is 5.28. The van der Waals surface area contributed by atoms with E-state index in [4.69, 9.17) is 14.5 Å². The second-order valence-electron chi connectivity index (χ2n) is 8.37. The smallest absolute Gasteiger partial charge is 0.299 e. The van der Waals surface area contributed by atoms with E-state index in [-0.39, 0.29) is 28.9 Å². The maximum atomic E-state index is 11.6. The molecule has 2 aliphatic rings. The number of rotatable bonds is 5. The summed E-state index contributed by atoms with van der Waals surface area (Å²) in [5.74, 6) is 2.30. The highest BCUT2D eigenvalue weighted by Crippen LogP contribution is 2.34. The summed E-state index contributed by atoms with van der Waals surface area (Å²) < 4.78 is 11.0. The van der Waals surface area contributed by atoms with Crippen LogP contribution in [0, 0.1) is 0 Å². The van der Waals surface area contributed by atoms with Crippen molar-refractivity contribution in [2.75, 3.05) is 25.7 Å². The topological polar surface area (TPSA) is 75.5 Å². The average molecular weight is 503 g/mol. The first-order chi connectivity index (χ1) is 15.9. The molecule has 1 unspecified atom stereocenters. The number of nitrogens with one attached hydrogen (secondary N) is 1. The van der Waals surface area contributed by atoms with Crippen molar-refractivity contribution >= 4 is 46.6 Å². The minimum absolute atomic E-state index is 0. The lowest BCUT2D eigenvalue weighted by atomic mass is 9.96. The van der Waals surface area contributed by atoms with E-state index in [1.165, 1.54) is 17.3 Å². The molecule has 0 spiro atoms. The lowest BCUT2D eigenvalue weighted by Gasteiger charge is -2.33. The molecule has 9 heteroatoms. The van der Waals surface area contributed by atoms with Crippen LogP contribution in [0.5, 0.6) is 11.5 Å². The van der Waals surface area contributed by atoms with E-state index < -0.39 is 0 Å². The van der Waals surface area contributed by atoms with Crippen molar-refractivity contribution in [3.63, 3.8) is 0 Å². The number of ether oxygens (including phenoxy) is 2. The van der Waals surface area contributed by atoms with E-state index >= 15 is 0 Å². The van der Waals surface area contributed by atoms with Crippen molar-refractivity contribution in [3.8, 4) is 11.5 Å². The number of aryl methyl sites for hydroxylation is 1. The Hall–Kier alpha value is -2.71. The molecule has 2 heterocycles. The molecule has 1 atom stereocenters. The number of amidine groups is 1. The second kappa shape index (κ2) is 11.1.